The van der Waals surface area contributed by atoms with Crippen molar-refractivity contribution in [2.75, 3.05) is 0 Å². The summed E-state index contributed by atoms with van der Waals surface area (Å²) in [5, 5.41) is -0.747. The Balaban J connectivity index is 2.87. The first-order valence-electron chi connectivity index (χ1n) is 3.98. The van der Waals surface area contributed by atoms with Crippen LogP contribution in [0, 0.1) is 0 Å². The van der Waals surface area contributed by atoms with Gasteiger partial charge in [0.05, 0.1) is 0 Å². The Kier molecular flexibility index (Phi) is 2.95. The van der Waals surface area contributed by atoms with Gasteiger partial charge in [-0.1, -0.05) is 13.8 Å². The molecule has 1 rings (SSSR count). The molecule has 0 aromatic carbocycles. The summed E-state index contributed by atoms with van der Waals surface area (Å²) in [7, 11) is 0. The number of nitrogens with zero attached hydrogens (tertiary/aromatic N) is 1. The maximum atomic E-state index is 12.1. The third-order valence-electron chi connectivity index (χ3n) is 1.86. The molecular formula is C8H10F3NS. The summed E-state index contributed by atoms with van der Waals surface area (Å²) >= 11 is 0.736. The molecular weight excluding hydrogens is 199 g/mol. The van der Waals surface area contributed by atoms with Gasteiger partial charge in [0.1, 0.15) is 0 Å². The summed E-state index contributed by atoms with van der Waals surface area (Å²) in [6.45, 7) is 3.84. The maximum Gasteiger partial charge on any atom is 0.443 e. The van der Waals surface area contributed by atoms with Crippen LogP contribution >= 0.6 is 11.3 Å². The molecule has 1 aromatic heterocycles. The quantitative estimate of drug-likeness (QED) is 0.724. The van der Waals surface area contributed by atoms with Crippen molar-refractivity contribution in [2.24, 2.45) is 0 Å². The zero-order chi connectivity index (χ0) is 10.1. The maximum absolute atomic E-state index is 12.1. The van der Waals surface area contributed by atoms with Crippen LogP contribution in [0.2, 0.25) is 0 Å². The molecule has 0 N–H and O–H groups in total. The SMILES string of the molecule is CCC(C)c1cnc(C(F)(F)F)s1. The van der Waals surface area contributed by atoms with Crippen LogP contribution in [0.3, 0.4) is 0 Å². The molecule has 1 nitrogen and oxygen atoms in total. The predicted octanol–water partition coefficient (Wildman–Crippen LogP) is 3.68. The third kappa shape index (κ3) is 2.43. The van der Waals surface area contributed by atoms with Gasteiger partial charge in [0.2, 0.25) is 0 Å². The fraction of sp³-hybridized carbons (Fsp3) is 0.625. The van der Waals surface area contributed by atoms with E-state index < -0.39 is 11.2 Å². The van der Waals surface area contributed by atoms with Gasteiger partial charge in [-0.3, -0.25) is 0 Å². The van der Waals surface area contributed by atoms with Crippen LogP contribution in [0.15, 0.2) is 6.20 Å². The van der Waals surface area contributed by atoms with E-state index in [1.807, 2.05) is 13.8 Å². The van der Waals surface area contributed by atoms with Crippen LogP contribution in [-0.4, -0.2) is 4.98 Å². The van der Waals surface area contributed by atoms with E-state index in [2.05, 4.69) is 4.98 Å². The molecule has 0 fully saturated rings. The normalized spacial score (nSPS) is 14.5. The van der Waals surface area contributed by atoms with E-state index in [1.165, 1.54) is 6.20 Å². The minimum absolute atomic E-state index is 0.161. The number of hydrogen-bond donors (Lipinski definition) is 0. The van der Waals surface area contributed by atoms with Crippen LogP contribution < -0.4 is 0 Å². The van der Waals surface area contributed by atoms with Crippen LogP contribution in [0.1, 0.15) is 36.1 Å². The van der Waals surface area contributed by atoms with Crippen molar-refractivity contribution in [1.82, 2.24) is 4.98 Å². The van der Waals surface area contributed by atoms with E-state index in [9.17, 15) is 13.2 Å². The highest BCUT2D eigenvalue weighted by atomic mass is 32.1. The Morgan fingerprint density at radius 3 is 2.54 bits per heavy atom. The number of thiazole rings is 1. The Morgan fingerprint density at radius 2 is 2.15 bits per heavy atom. The molecule has 0 saturated carbocycles. The monoisotopic (exact) mass is 209 g/mol. The highest BCUT2D eigenvalue weighted by Gasteiger charge is 2.34. The van der Waals surface area contributed by atoms with Gasteiger partial charge in [-0.05, 0) is 12.3 Å². The van der Waals surface area contributed by atoms with Crippen molar-refractivity contribution in [3.63, 3.8) is 0 Å². The van der Waals surface area contributed by atoms with Gasteiger partial charge < -0.3 is 0 Å². The molecule has 1 heterocycles. The van der Waals surface area contributed by atoms with Crippen molar-refractivity contribution < 1.29 is 13.2 Å². The minimum atomic E-state index is -4.30. The molecule has 0 spiro atoms. The Hall–Kier alpha value is -0.580. The molecule has 1 unspecified atom stereocenters. The molecule has 0 aliphatic rings. The van der Waals surface area contributed by atoms with E-state index in [1.54, 1.807) is 0 Å². The second kappa shape index (κ2) is 3.65. The van der Waals surface area contributed by atoms with Crippen molar-refractivity contribution in [2.45, 2.75) is 32.4 Å². The molecule has 74 valence electrons. The first-order valence-corrected chi connectivity index (χ1v) is 4.79. The molecule has 0 bridgehead atoms. The van der Waals surface area contributed by atoms with E-state index in [4.69, 9.17) is 0 Å². The van der Waals surface area contributed by atoms with Gasteiger partial charge in [0.25, 0.3) is 0 Å². The molecule has 0 radical (unpaired) electrons. The topological polar surface area (TPSA) is 12.9 Å². The van der Waals surface area contributed by atoms with E-state index in [0.717, 1.165) is 17.8 Å². The summed E-state index contributed by atoms with van der Waals surface area (Å²) in [4.78, 5) is 4.05. The zero-order valence-corrected chi connectivity index (χ0v) is 8.17. The van der Waals surface area contributed by atoms with E-state index in [-0.39, 0.29) is 5.92 Å². The lowest BCUT2D eigenvalue weighted by Crippen LogP contribution is -2.02. The summed E-state index contributed by atoms with van der Waals surface area (Å²) in [5.74, 6) is 0.161. The Morgan fingerprint density at radius 1 is 1.54 bits per heavy atom. The standard InChI is InChI=1S/C8H10F3NS/c1-3-5(2)6-4-12-7(13-6)8(9,10)11/h4-5H,3H2,1-2H3. The van der Waals surface area contributed by atoms with Gasteiger partial charge >= 0.3 is 6.18 Å². The van der Waals surface area contributed by atoms with Gasteiger partial charge in [-0.15, -0.1) is 11.3 Å². The lowest BCUT2D eigenvalue weighted by Gasteiger charge is -2.03. The molecule has 13 heavy (non-hydrogen) atoms. The predicted molar refractivity (Wildman–Crippen MR) is 45.8 cm³/mol. The van der Waals surface area contributed by atoms with Gasteiger partial charge in [0.15, 0.2) is 5.01 Å². The molecule has 0 aliphatic carbocycles. The number of halogens is 3. The first-order chi connectivity index (χ1) is 5.95. The molecule has 0 saturated heterocycles. The highest BCUT2D eigenvalue weighted by Crippen LogP contribution is 2.35. The summed E-state index contributed by atoms with van der Waals surface area (Å²) in [6.07, 6.45) is -2.14. The van der Waals surface area contributed by atoms with Crippen molar-refractivity contribution in [3.05, 3.63) is 16.1 Å². The highest BCUT2D eigenvalue weighted by molar-refractivity contribution is 7.11. The number of hydrogen-bond acceptors (Lipinski definition) is 2. The zero-order valence-electron chi connectivity index (χ0n) is 7.35. The smallest absolute Gasteiger partial charge is 0.240 e. The third-order valence-corrected chi connectivity index (χ3v) is 3.14. The van der Waals surface area contributed by atoms with Crippen LogP contribution in [0.4, 0.5) is 13.2 Å². The molecule has 1 aromatic rings. The van der Waals surface area contributed by atoms with Crippen LogP contribution in [0.25, 0.3) is 0 Å². The lowest BCUT2D eigenvalue weighted by atomic mass is 10.1. The van der Waals surface area contributed by atoms with Crippen molar-refractivity contribution in [3.8, 4) is 0 Å². The van der Waals surface area contributed by atoms with Gasteiger partial charge in [-0.25, -0.2) is 4.98 Å². The average Bonchev–Trinajstić information content (AvgIpc) is 2.50. The van der Waals surface area contributed by atoms with Gasteiger partial charge in [-0.2, -0.15) is 13.2 Å². The average molecular weight is 209 g/mol. The number of alkyl halides is 3. The molecule has 5 heteroatoms. The summed E-state index contributed by atoms with van der Waals surface area (Å²) in [5.41, 5.74) is 0. The summed E-state index contributed by atoms with van der Waals surface area (Å²) in [6, 6.07) is 0. The second-order valence-electron chi connectivity index (χ2n) is 2.87. The largest absolute Gasteiger partial charge is 0.443 e. The van der Waals surface area contributed by atoms with Crippen molar-refractivity contribution >= 4 is 11.3 Å². The molecule has 0 aliphatic heterocycles. The number of rotatable bonds is 2. The van der Waals surface area contributed by atoms with E-state index >= 15 is 0 Å². The van der Waals surface area contributed by atoms with Crippen molar-refractivity contribution in [1.29, 1.82) is 0 Å². The first kappa shape index (κ1) is 10.5. The van der Waals surface area contributed by atoms with Gasteiger partial charge in [0, 0.05) is 11.1 Å². The fourth-order valence-corrected chi connectivity index (χ4v) is 1.76. The van der Waals surface area contributed by atoms with Crippen LogP contribution in [0.5, 0.6) is 0 Å². The molecule has 1 atom stereocenters. The Labute approximate surface area is 78.6 Å². The molecule has 0 amide bonds. The van der Waals surface area contributed by atoms with Crippen LogP contribution in [-0.2, 0) is 6.18 Å². The fourth-order valence-electron chi connectivity index (χ4n) is 0.847. The minimum Gasteiger partial charge on any atom is -0.240 e. The summed E-state index contributed by atoms with van der Waals surface area (Å²) < 4.78 is 36.3. The Bertz CT molecular complexity index is 279. The van der Waals surface area contributed by atoms with E-state index in [0.29, 0.717) is 4.88 Å². The lowest BCUT2D eigenvalue weighted by molar-refractivity contribution is -0.137. The number of aromatic nitrogens is 1. The second-order valence-corrected chi connectivity index (χ2v) is 3.94.